The number of aryl methyl sites for hydroxylation is 2. The molecule has 1 aromatic carbocycles. The van der Waals surface area contributed by atoms with E-state index in [1.54, 1.807) is 5.19 Å². The van der Waals surface area contributed by atoms with Crippen molar-refractivity contribution in [1.29, 1.82) is 0 Å². The van der Waals surface area contributed by atoms with Gasteiger partial charge in [-0.3, -0.25) is 8.80 Å². The van der Waals surface area contributed by atoms with Crippen molar-refractivity contribution >= 4 is 14.0 Å². The average molecular weight is 170 g/mol. The van der Waals surface area contributed by atoms with E-state index >= 15 is 0 Å². The first-order valence-corrected chi connectivity index (χ1v) is 6.49. The van der Waals surface area contributed by atoms with Crippen LogP contribution in [0.5, 0.6) is 0 Å². The molecule has 0 aromatic heterocycles. The monoisotopic (exact) mass is 170 g/mol. The molecule has 2 heteroatoms. The van der Waals surface area contributed by atoms with Gasteiger partial charge in [-0.1, -0.05) is 29.3 Å². The first-order valence-electron chi connectivity index (χ1n) is 3.99. The molecule has 0 fully saturated rings. The molecule has 0 N–H and O–H groups in total. The molecule has 12 heavy (non-hydrogen) atoms. The zero-order valence-electron chi connectivity index (χ0n) is 8.73. The van der Waals surface area contributed by atoms with Gasteiger partial charge in [-0.05, 0) is 13.8 Å². The van der Waals surface area contributed by atoms with Gasteiger partial charge < -0.3 is 0 Å². The second-order valence-corrected chi connectivity index (χ2v) is 5.86. The summed E-state index contributed by atoms with van der Waals surface area (Å²) in [5, 5.41) is 1.57. The third-order valence-electron chi connectivity index (χ3n) is 1.92. The molecule has 0 nitrogen and oxygen atoms in total. The molecule has 0 aliphatic rings. The number of rotatable bonds is 1. The van der Waals surface area contributed by atoms with E-state index in [2.05, 4.69) is 45.1 Å². The molecule has 0 aliphatic heterocycles. The Labute approximate surface area is 89.2 Å². The predicted octanol–water partition coefficient (Wildman–Crippen LogP) is -0.731. The fraction of sp³-hybridized carbons (Fsp3) is 0.400. The van der Waals surface area contributed by atoms with Gasteiger partial charge in [0.05, 0.1) is 0 Å². The summed E-state index contributed by atoms with van der Waals surface area (Å²) >= 11 is 0. The van der Waals surface area contributed by atoms with Crippen LogP contribution < -0.4 is 24.0 Å². The topological polar surface area (TPSA) is 0 Å². The van der Waals surface area contributed by atoms with Gasteiger partial charge in [-0.25, -0.2) is 0 Å². The summed E-state index contributed by atoms with van der Waals surface area (Å²) in [6.45, 7) is 9.03. The van der Waals surface area contributed by atoms with Crippen LogP contribution in [0.4, 0.5) is 0 Å². The van der Waals surface area contributed by atoms with E-state index in [-0.39, 0.29) is 27.7 Å². The number of hydrogen-bond acceptors (Lipinski definition) is 0. The summed E-state index contributed by atoms with van der Waals surface area (Å²) in [7, 11) is -0.259. The van der Waals surface area contributed by atoms with Crippen molar-refractivity contribution < 1.29 is 18.9 Å². The molecule has 1 rings (SSSR count). The van der Waals surface area contributed by atoms with Gasteiger partial charge in [0.2, 0.25) is 0 Å². The second-order valence-electron chi connectivity index (χ2n) is 3.32. The molecule has 0 heterocycles. The first kappa shape index (κ1) is 12.0. The fourth-order valence-electron chi connectivity index (χ4n) is 1.37. The molecule has 0 unspecified atom stereocenters. The van der Waals surface area contributed by atoms with E-state index in [0.29, 0.717) is 0 Å². The van der Waals surface area contributed by atoms with Gasteiger partial charge in [-0.2, -0.15) is 18.3 Å². The van der Waals surface area contributed by atoms with Crippen molar-refractivity contribution in [1.82, 2.24) is 0 Å². The Hall–Kier alpha value is 0.0343. The van der Waals surface area contributed by atoms with Crippen molar-refractivity contribution in [2.75, 3.05) is 0 Å². The molecule has 0 aliphatic carbocycles. The molecule has 0 amide bonds. The molecular formula is C10H15LiSi. The van der Waals surface area contributed by atoms with E-state index in [9.17, 15) is 0 Å². The standard InChI is InChI=1S/C10H15Si.Li/c1-8-5-6-10(11(3)4)9(2)7-8;/h5-7H,1-4H3;/q-1;+1. The van der Waals surface area contributed by atoms with Crippen LogP contribution in [-0.2, 0) is 0 Å². The SMILES string of the molecule is Cc1ccc([Si-](C)C)c(C)c1.[Li+]. The maximum Gasteiger partial charge on any atom is 1.00 e. The van der Waals surface area contributed by atoms with E-state index in [1.807, 2.05) is 0 Å². The van der Waals surface area contributed by atoms with Crippen molar-refractivity contribution in [3.05, 3.63) is 29.3 Å². The second kappa shape index (κ2) is 4.92. The molecular weight excluding hydrogens is 155 g/mol. The van der Waals surface area contributed by atoms with Gasteiger partial charge in [0, 0.05) is 0 Å². The normalized spacial score (nSPS) is 9.00. The van der Waals surface area contributed by atoms with E-state index < -0.39 is 0 Å². The predicted molar refractivity (Wildman–Crippen MR) is 53.0 cm³/mol. The molecule has 60 valence electrons. The van der Waals surface area contributed by atoms with Crippen LogP contribution in [0.2, 0.25) is 13.1 Å². The largest absolute Gasteiger partial charge is 1.00 e. The van der Waals surface area contributed by atoms with Crippen LogP contribution in [0.1, 0.15) is 11.1 Å². The molecule has 1 aromatic rings. The summed E-state index contributed by atoms with van der Waals surface area (Å²) in [6, 6.07) is 6.76. The van der Waals surface area contributed by atoms with E-state index in [4.69, 9.17) is 0 Å². The molecule has 0 bridgehead atoms. The zero-order valence-corrected chi connectivity index (χ0v) is 9.73. The van der Waals surface area contributed by atoms with E-state index in [0.717, 1.165) is 0 Å². The summed E-state index contributed by atoms with van der Waals surface area (Å²) in [5.74, 6) is 0. The zero-order chi connectivity index (χ0) is 8.43. The summed E-state index contributed by atoms with van der Waals surface area (Å²) in [5.41, 5.74) is 2.83. The van der Waals surface area contributed by atoms with Crippen LogP contribution in [0.3, 0.4) is 0 Å². The Morgan fingerprint density at radius 2 is 1.67 bits per heavy atom. The summed E-state index contributed by atoms with van der Waals surface area (Å²) in [6.07, 6.45) is 0. The third-order valence-corrected chi connectivity index (χ3v) is 3.56. The Morgan fingerprint density at radius 1 is 1.08 bits per heavy atom. The molecule has 0 saturated heterocycles. The van der Waals surface area contributed by atoms with Gasteiger partial charge in [0.15, 0.2) is 0 Å². The third kappa shape index (κ3) is 2.82. The Bertz CT molecular complexity index is 256. The number of benzene rings is 1. The minimum Gasteiger partial charge on any atom is -0.292 e. The Morgan fingerprint density at radius 3 is 2.08 bits per heavy atom. The van der Waals surface area contributed by atoms with Gasteiger partial charge in [0.25, 0.3) is 0 Å². The van der Waals surface area contributed by atoms with Crippen LogP contribution in [0.25, 0.3) is 0 Å². The van der Waals surface area contributed by atoms with Crippen LogP contribution in [0, 0.1) is 13.8 Å². The number of hydrogen-bond donors (Lipinski definition) is 0. The maximum absolute atomic E-state index is 2.34. The smallest absolute Gasteiger partial charge is 0.292 e. The minimum atomic E-state index is -0.259. The summed E-state index contributed by atoms with van der Waals surface area (Å²) < 4.78 is 0. The average Bonchev–Trinajstić information content (AvgIpc) is 1.85. The van der Waals surface area contributed by atoms with Crippen molar-refractivity contribution in [2.24, 2.45) is 0 Å². The van der Waals surface area contributed by atoms with Crippen LogP contribution in [0.15, 0.2) is 18.2 Å². The quantitative estimate of drug-likeness (QED) is 0.487. The van der Waals surface area contributed by atoms with Crippen LogP contribution in [-0.4, -0.2) is 8.80 Å². The maximum atomic E-state index is 2.34. The van der Waals surface area contributed by atoms with Gasteiger partial charge >= 0.3 is 18.9 Å². The molecule has 0 atom stereocenters. The van der Waals surface area contributed by atoms with Crippen molar-refractivity contribution in [2.45, 2.75) is 26.9 Å². The molecule has 0 radical (unpaired) electrons. The van der Waals surface area contributed by atoms with Crippen molar-refractivity contribution in [3.8, 4) is 0 Å². The van der Waals surface area contributed by atoms with Crippen LogP contribution >= 0.6 is 0 Å². The minimum absolute atomic E-state index is 0. The van der Waals surface area contributed by atoms with Gasteiger partial charge in [0.1, 0.15) is 0 Å². The first-order chi connectivity index (χ1) is 5.11. The molecule has 0 spiro atoms. The van der Waals surface area contributed by atoms with Gasteiger partial charge in [-0.15, -0.1) is 0 Å². The van der Waals surface area contributed by atoms with E-state index in [1.165, 1.54) is 11.1 Å². The molecule has 0 saturated carbocycles. The summed E-state index contributed by atoms with van der Waals surface area (Å²) in [4.78, 5) is 0. The Kier molecular flexibility index (Phi) is 4.93. The fourth-order valence-corrected chi connectivity index (χ4v) is 2.65. The Balaban J connectivity index is 0.00000121. The van der Waals surface area contributed by atoms with Crippen molar-refractivity contribution in [3.63, 3.8) is 0 Å².